The highest BCUT2D eigenvalue weighted by atomic mass is 32.1. The van der Waals surface area contributed by atoms with Gasteiger partial charge in [-0.2, -0.15) is 0 Å². The van der Waals surface area contributed by atoms with Crippen LogP contribution in [-0.4, -0.2) is 10.8 Å². The maximum absolute atomic E-state index is 11.5. The molecule has 1 aromatic heterocycles. The summed E-state index contributed by atoms with van der Waals surface area (Å²) in [5.74, 6) is 0.948. The average molecular weight is 225 g/mol. The number of Topliss-reactive ketones (excluding diaryl/α,β-unsaturated/α-hetero) is 1. The lowest BCUT2D eigenvalue weighted by molar-refractivity contribution is -0.122. The first-order valence-corrected chi connectivity index (χ1v) is 6.39. The van der Waals surface area contributed by atoms with Crippen LogP contribution < -0.4 is 0 Å². The van der Waals surface area contributed by atoms with Gasteiger partial charge >= 0.3 is 0 Å². The Hall–Kier alpha value is -0.700. The highest BCUT2D eigenvalue weighted by Gasteiger charge is 2.16. The largest absolute Gasteiger partial charge is 0.299 e. The van der Waals surface area contributed by atoms with Crippen LogP contribution in [0.25, 0.3) is 0 Å². The van der Waals surface area contributed by atoms with Gasteiger partial charge in [0.05, 0.1) is 11.2 Å². The second kappa shape index (κ2) is 5.40. The number of thiazole rings is 1. The summed E-state index contributed by atoms with van der Waals surface area (Å²) in [6.07, 6.45) is 1.42. The predicted octanol–water partition coefficient (Wildman–Crippen LogP) is 3.42. The maximum atomic E-state index is 11.5. The molecular formula is C12H19NOS. The van der Waals surface area contributed by atoms with Crippen LogP contribution in [0.4, 0.5) is 0 Å². The first-order chi connectivity index (χ1) is 7.06. The molecule has 15 heavy (non-hydrogen) atoms. The number of hydrogen-bond acceptors (Lipinski definition) is 3. The number of carbonyl (C=O) groups is 1. The molecule has 0 N–H and O–H groups in total. The molecule has 0 saturated carbocycles. The summed E-state index contributed by atoms with van der Waals surface area (Å²) in [5, 5.41) is 0. The van der Waals surface area contributed by atoms with E-state index in [4.69, 9.17) is 0 Å². The Balaban J connectivity index is 2.72. The van der Waals surface area contributed by atoms with E-state index < -0.39 is 0 Å². The summed E-state index contributed by atoms with van der Waals surface area (Å²) in [4.78, 5) is 17.2. The highest BCUT2D eigenvalue weighted by molar-refractivity contribution is 7.09. The number of nitrogens with zero attached hydrogens (tertiary/aromatic N) is 1. The van der Waals surface area contributed by atoms with Crippen LogP contribution in [-0.2, 0) is 11.2 Å². The molecule has 2 nitrogen and oxygen atoms in total. The van der Waals surface area contributed by atoms with Gasteiger partial charge in [0.15, 0.2) is 0 Å². The lowest BCUT2D eigenvalue weighted by Gasteiger charge is -2.10. The van der Waals surface area contributed by atoms with Crippen LogP contribution in [0.2, 0.25) is 0 Å². The van der Waals surface area contributed by atoms with Gasteiger partial charge in [-0.1, -0.05) is 27.7 Å². The van der Waals surface area contributed by atoms with Crippen molar-refractivity contribution < 1.29 is 4.79 Å². The first kappa shape index (κ1) is 12.4. The summed E-state index contributed by atoms with van der Waals surface area (Å²) in [7, 11) is 0. The van der Waals surface area contributed by atoms with Gasteiger partial charge < -0.3 is 0 Å². The summed E-state index contributed by atoms with van der Waals surface area (Å²) >= 11 is 1.70. The monoisotopic (exact) mass is 225 g/mol. The number of carbonyl (C=O) groups excluding carboxylic acids is 1. The topological polar surface area (TPSA) is 30.0 Å². The smallest absolute Gasteiger partial charge is 0.135 e. The van der Waals surface area contributed by atoms with Gasteiger partial charge in [-0.3, -0.25) is 4.79 Å². The van der Waals surface area contributed by atoms with Crippen LogP contribution in [0.1, 0.15) is 50.6 Å². The molecule has 1 aromatic rings. The number of ketones is 1. The van der Waals surface area contributed by atoms with Gasteiger partial charge in [-0.05, 0) is 5.92 Å². The van der Waals surface area contributed by atoms with Crippen molar-refractivity contribution in [1.82, 2.24) is 4.98 Å². The van der Waals surface area contributed by atoms with Crippen LogP contribution in [0.3, 0.4) is 0 Å². The molecule has 0 spiro atoms. The second-order valence-electron chi connectivity index (χ2n) is 4.24. The summed E-state index contributed by atoms with van der Waals surface area (Å²) in [5.41, 5.74) is 3.00. The number of rotatable bonds is 5. The molecule has 1 rings (SSSR count). The molecule has 1 heterocycles. The van der Waals surface area contributed by atoms with Crippen molar-refractivity contribution in [2.45, 2.75) is 46.5 Å². The van der Waals surface area contributed by atoms with E-state index in [1.165, 1.54) is 4.88 Å². The fourth-order valence-electron chi connectivity index (χ4n) is 1.65. The molecule has 84 valence electrons. The van der Waals surface area contributed by atoms with Crippen LogP contribution in [0, 0.1) is 5.92 Å². The molecule has 0 aromatic carbocycles. The minimum absolute atomic E-state index is 0.106. The van der Waals surface area contributed by atoms with Crippen molar-refractivity contribution >= 4 is 17.1 Å². The van der Waals surface area contributed by atoms with Crippen molar-refractivity contribution in [1.29, 1.82) is 0 Å². The van der Waals surface area contributed by atoms with E-state index in [1.807, 2.05) is 19.4 Å². The molecule has 0 radical (unpaired) electrons. The molecule has 0 amide bonds. The zero-order valence-corrected chi connectivity index (χ0v) is 10.7. The van der Waals surface area contributed by atoms with E-state index in [-0.39, 0.29) is 5.92 Å². The van der Waals surface area contributed by atoms with Gasteiger partial charge in [0.25, 0.3) is 0 Å². The van der Waals surface area contributed by atoms with Crippen LogP contribution in [0.15, 0.2) is 5.51 Å². The highest BCUT2D eigenvalue weighted by Crippen LogP contribution is 2.25. The molecule has 1 atom stereocenters. The Morgan fingerprint density at radius 1 is 1.47 bits per heavy atom. The Bertz CT molecular complexity index is 330. The van der Waals surface area contributed by atoms with Gasteiger partial charge in [-0.15, -0.1) is 11.3 Å². The standard InChI is InChI=1S/C12H19NOS/c1-5-11(14)9(4)6-10-12(8(2)3)15-7-13-10/h7-9H,5-6H2,1-4H3. The predicted molar refractivity (Wildman–Crippen MR) is 64.4 cm³/mol. The third-order valence-electron chi connectivity index (χ3n) is 2.59. The maximum Gasteiger partial charge on any atom is 0.135 e. The molecule has 1 unspecified atom stereocenters. The average Bonchev–Trinajstić information content (AvgIpc) is 2.64. The number of aromatic nitrogens is 1. The summed E-state index contributed by atoms with van der Waals surface area (Å²) in [6.45, 7) is 8.26. The van der Waals surface area contributed by atoms with Crippen molar-refractivity contribution in [2.24, 2.45) is 5.92 Å². The van der Waals surface area contributed by atoms with Crippen molar-refractivity contribution in [2.75, 3.05) is 0 Å². The van der Waals surface area contributed by atoms with E-state index in [0.717, 1.165) is 12.1 Å². The molecule has 0 fully saturated rings. The van der Waals surface area contributed by atoms with Gasteiger partial charge in [0, 0.05) is 23.6 Å². The Morgan fingerprint density at radius 3 is 2.67 bits per heavy atom. The van der Waals surface area contributed by atoms with E-state index in [9.17, 15) is 4.79 Å². The van der Waals surface area contributed by atoms with E-state index >= 15 is 0 Å². The zero-order chi connectivity index (χ0) is 11.4. The fourth-order valence-corrected chi connectivity index (χ4v) is 2.49. The quantitative estimate of drug-likeness (QED) is 0.768. The Morgan fingerprint density at radius 2 is 2.13 bits per heavy atom. The van der Waals surface area contributed by atoms with E-state index in [0.29, 0.717) is 18.1 Å². The van der Waals surface area contributed by atoms with Crippen LogP contribution in [0.5, 0.6) is 0 Å². The Labute approximate surface area is 95.7 Å². The number of hydrogen-bond donors (Lipinski definition) is 0. The second-order valence-corrected chi connectivity index (χ2v) is 5.13. The molecule has 0 aliphatic heterocycles. The van der Waals surface area contributed by atoms with Crippen molar-refractivity contribution in [3.8, 4) is 0 Å². The fraction of sp³-hybridized carbons (Fsp3) is 0.667. The van der Waals surface area contributed by atoms with Gasteiger partial charge in [0.1, 0.15) is 5.78 Å². The van der Waals surface area contributed by atoms with Crippen molar-refractivity contribution in [3.05, 3.63) is 16.1 Å². The summed E-state index contributed by atoms with van der Waals surface area (Å²) < 4.78 is 0. The molecule has 0 aliphatic rings. The van der Waals surface area contributed by atoms with Gasteiger partial charge in [0.2, 0.25) is 0 Å². The minimum atomic E-state index is 0.106. The molecule has 0 saturated heterocycles. The zero-order valence-electron chi connectivity index (χ0n) is 9.91. The lowest BCUT2D eigenvalue weighted by atomic mass is 9.97. The molecule has 0 aliphatic carbocycles. The summed E-state index contributed by atoms with van der Waals surface area (Å²) in [6, 6.07) is 0. The molecule has 3 heteroatoms. The molecular weight excluding hydrogens is 206 g/mol. The SMILES string of the molecule is CCC(=O)C(C)Cc1ncsc1C(C)C. The minimum Gasteiger partial charge on any atom is -0.299 e. The van der Waals surface area contributed by atoms with Crippen molar-refractivity contribution in [3.63, 3.8) is 0 Å². The molecule has 0 bridgehead atoms. The first-order valence-electron chi connectivity index (χ1n) is 5.51. The normalized spacial score (nSPS) is 13.1. The van der Waals surface area contributed by atoms with Crippen LogP contribution >= 0.6 is 11.3 Å². The van der Waals surface area contributed by atoms with Gasteiger partial charge in [-0.25, -0.2) is 4.98 Å². The van der Waals surface area contributed by atoms with E-state index in [2.05, 4.69) is 18.8 Å². The lowest BCUT2D eigenvalue weighted by Crippen LogP contribution is -2.13. The Kier molecular flexibility index (Phi) is 4.45. The van der Waals surface area contributed by atoms with E-state index in [1.54, 1.807) is 11.3 Å². The third-order valence-corrected chi connectivity index (χ3v) is 3.77. The third kappa shape index (κ3) is 3.13.